The van der Waals surface area contributed by atoms with E-state index >= 15 is 0 Å². The fourth-order valence-corrected chi connectivity index (χ4v) is 1.63. The molecule has 0 saturated heterocycles. The van der Waals surface area contributed by atoms with Gasteiger partial charge in [-0.2, -0.15) is 0 Å². The highest BCUT2D eigenvalue weighted by molar-refractivity contribution is 5.92. The Bertz CT molecular complexity index is 583. The fraction of sp³-hybridized carbons (Fsp3) is 0.385. The largest absolute Gasteiger partial charge is 0.463 e. The molecule has 0 aliphatic heterocycles. The molecular formula is C13H16N2O4. The first kappa shape index (κ1) is 13.4. The Hall–Kier alpha value is -2.08. The summed E-state index contributed by atoms with van der Waals surface area (Å²) < 4.78 is 10.2. The maximum absolute atomic E-state index is 11.8. The number of nitrogens with one attached hydrogen (secondary N) is 1. The van der Waals surface area contributed by atoms with E-state index in [1.807, 2.05) is 0 Å². The lowest BCUT2D eigenvalue weighted by molar-refractivity contribution is 0.0322. The molecule has 0 aliphatic carbocycles. The van der Waals surface area contributed by atoms with Crippen LogP contribution >= 0.6 is 0 Å². The van der Waals surface area contributed by atoms with E-state index < -0.39 is 11.5 Å². The van der Waals surface area contributed by atoms with Crippen molar-refractivity contribution in [1.29, 1.82) is 0 Å². The average molecular weight is 264 g/mol. The van der Waals surface area contributed by atoms with Crippen LogP contribution in [-0.4, -0.2) is 22.7 Å². The van der Waals surface area contributed by atoms with Gasteiger partial charge in [0.2, 0.25) is 0 Å². The van der Waals surface area contributed by atoms with Gasteiger partial charge in [-0.05, 0) is 32.9 Å². The minimum absolute atomic E-state index is 0.0185. The molecule has 0 radical (unpaired) electrons. The summed E-state index contributed by atoms with van der Waals surface area (Å²) in [6, 6.07) is 4.97. The number of amides is 1. The standard InChI is InChI=1S/C13H16N2O4/c1-8-4-5-11(18-8)13(3,17)7-14-12(16)10-6-9(2)19-15-10/h4-6,17H,7H2,1-3H3,(H,14,16). The van der Waals surface area contributed by atoms with Crippen LogP contribution in [0.2, 0.25) is 0 Å². The zero-order chi connectivity index (χ0) is 14.0. The summed E-state index contributed by atoms with van der Waals surface area (Å²) in [5.41, 5.74) is -1.09. The molecule has 1 unspecified atom stereocenters. The van der Waals surface area contributed by atoms with Gasteiger partial charge in [0.25, 0.3) is 5.91 Å². The van der Waals surface area contributed by atoms with Gasteiger partial charge in [-0.3, -0.25) is 4.79 Å². The lowest BCUT2D eigenvalue weighted by atomic mass is 10.0. The maximum Gasteiger partial charge on any atom is 0.273 e. The Balaban J connectivity index is 2.00. The number of furan rings is 1. The Labute approximate surface area is 110 Å². The van der Waals surface area contributed by atoms with Crippen LogP contribution in [0, 0.1) is 13.8 Å². The third-order valence-corrected chi connectivity index (χ3v) is 2.72. The molecule has 0 fully saturated rings. The predicted octanol–water partition coefficient (Wildman–Crippen LogP) is 1.52. The normalized spacial score (nSPS) is 14.1. The monoisotopic (exact) mass is 264 g/mol. The van der Waals surface area contributed by atoms with Crippen LogP contribution in [0.1, 0.15) is 34.7 Å². The summed E-state index contributed by atoms with van der Waals surface area (Å²) in [6.45, 7) is 5.08. The van der Waals surface area contributed by atoms with Crippen molar-refractivity contribution in [2.24, 2.45) is 0 Å². The van der Waals surface area contributed by atoms with Crippen molar-refractivity contribution in [2.45, 2.75) is 26.4 Å². The van der Waals surface area contributed by atoms with E-state index in [1.165, 1.54) is 6.07 Å². The summed E-state index contributed by atoms with van der Waals surface area (Å²) in [4.78, 5) is 11.8. The Kier molecular flexibility index (Phi) is 3.44. The van der Waals surface area contributed by atoms with Crippen molar-refractivity contribution in [2.75, 3.05) is 6.54 Å². The van der Waals surface area contributed by atoms with E-state index in [9.17, 15) is 9.90 Å². The molecule has 19 heavy (non-hydrogen) atoms. The molecule has 2 aromatic rings. The number of carbonyl (C=O) groups is 1. The van der Waals surface area contributed by atoms with Crippen LogP contribution in [0.3, 0.4) is 0 Å². The molecule has 6 heteroatoms. The summed E-state index contributed by atoms with van der Waals surface area (Å²) in [6.07, 6.45) is 0. The first-order chi connectivity index (χ1) is 8.88. The Morgan fingerprint density at radius 1 is 1.42 bits per heavy atom. The fourth-order valence-electron chi connectivity index (χ4n) is 1.63. The second kappa shape index (κ2) is 4.89. The number of aryl methyl sites for hydroxylation is 2. The number of rotatable bonds is 4. The molecule has 1 atom stereocenters. The van der Waals surface area contributed by atoms with Crippen LogP contribution < -0.4 is 5.32 Å². The molecule has 0 aliphatic rings. The van der Waals surface area contributed by atoms with Gasteiger partial charge in [-0.15, -0.1) is 0 Å². The summed E-state index contributed by atoms with van der Waals surface area (Å²) in [7, 11) is 0. The SMILES string of the molecule is Cc1cc(C(=O)NCC(C)(O)c2ccc(C)o2)no1. The molecule has 2 heterocycles. The number of nitrogens with zero attached hydrogens (tertiary/aromatic N) is 1. The quantitative estimate of drug-likeness (QED) is 0.874. The van der Waals surface area contributed by atoms with Gasteiger partial charge in [-0.1, -0.05) is 5.16 Å². The van der Waals surface area contributed by atoms with Gasteiger partial charge >= 0.3 is 0 Å². The second-order valence-corrected chi connectivity index (χ2v) is 4.69. The van der Waals surface area contributed by atoms with Crippen LogP contribution in [0.15, 0.2) is 27.1 Å². The number of hydrogen-bond acceptors (Lipinski definition) is 5. The minimum Gasteiger partial charge on any atom is -0.463 e. The molecule has 2 N–H and O–H groups in total. The third kappa shape index (κ3) is 3.03. The lowest BCUT2D eigenvalue weighted by Gasteiger charge is -2.20. The van der Waals surface area contributed by atoms with E-state index in [0.717, 1.165) is 0 Å². The average Bonchev–Trinajstić information content (AvgIpc) is 2.95. The van der Waals surface area contributed by atoms with Crippen LogP contribution in [0.5, 0.6) is 0 Å². The molecule has 2 rings (SSSR count). The number of carbonyl (C=O) groups excluding carboxylic acids is 1. The third-order valence-electron chi connectivity index (χ3n) is 2.72. The van der Waals surface area contributed by atoms with E-state index in [-0.39, 0.29) is 12.2 Å². The number of hydrogen-bond donors (Lipinski definition) is 2. The molecule has 0 spiro atoms. The van der Waals surface area contributed by atoms with Crippen molar-refractivity contribution in [3.8, 4) is 0 Å². The smallest absolute Gasteiger partial charge is 0.273 e. The molecular weight excluding hydrogens is 248 g/mol. The molecule has 0 aromatic carbocycles. The topological polar surface area (TPSA) is 88.5 Å². The van der Waals surface area contributed by atoms with E-state index in [0.29, 0.717) is 17.3 Å². The number of aromatic nitrogens is 1. The highest BCUT2D eigenvalue weighted by atomic mass is 16.5. The lowest BCUT2D eigenvalue weighted by Crippen LogP contribution is -2.38. The van der Waals surface area contributed by atoms with E-state index in [1.54, 1.807) is 32.9 Å². The van der Waals surface area contributed by atoms with Crippen molar-refractivity contribution in [3.63, 3.8) is 0 Å². The Morgan fingerprint density at radius 2 is 2.16 bits per heavy atom. The first-order valence-electron chi connectivity index (χ1n) is 5.89. The molecule has 1 amide bonds. The first-order valence-corrected chi connectivity index (χ1v) is 5.89. The van der Waals surface area contributed by atoms with Gasteiger partial charge in [-0.25, -0.2) is 0 Å². The highest BCUT2D eigenvalue weighted by Crippen LogP contribution is 2.22. The zero-order valence-corrected chi connectivity index (χ0v) is 11.1. The summed E-state index contributed by atoms with van der Waals surface area (Å²) >= 11 is 0. The van der Waals surface area contributed by atoms with Crippen molar-refractivity contribution >= 4 is 5.91 Å². The van der Waals surface area contributed by atoms with Gasteiger partial charge < -0.3 is 19.4 Å². The molecule has 6 nitrogen and oxygen atoms in total. The van der Waals surface area contributed by atoms with Crippen LogP contribution in [0.4, 0.5) is 0 Å². The van der Waals surface area contributed by atoms with Gasteiger partial charge in [0.05, 0.1) is 6.54 Å². The minimum atomic E-state index is -1.28. The zero-order valence-electron chi connectivity index (χ0n) is 11.1. The van der Waals surface area contributed by atoms with E-state index in [2.05, 4.69) is 10.5 Å². The van der Waals surface area contributed by atoms with Gasteiger partial charge in [0, 0.05) is 6.07 Å². The van der Waals surface area contributed by atoms with Gasteiger partial charge in [0.15, 0.2) is 5.69 Å². The van der Waals surface area contributed by atoms with Crippen molar-refractivity contribution < 1.29 is 18.8 Å². The molecule has 102 valence electrons. The van der Waals surface area contributed by atoms with E-state index in [4.69, 9.17) is 8.94 Å². The number of aliphatic hydroxyl groups is 1. The predicted molar refractivity (Wildman–Crippen MR) is 66.6 cm³/mol. The maximum atomic E-state index is 11.8. The summed E-state index contributed by atoms with van der Waals surface area (Å²) in [5, 5.41) is 16.4. The van der Waals surface area contributed by atoms with Gasteiger partial charge in [0.1, 0.15) is 22.9 Å². The summed E-state index contributed by atoms with van der Waals surface area (Å²) in [5.74, 6) is 1.26. The van der Waals surface area contributed by atoms with Crippen molar-refractivity contribution in [3.05, 3.63) is 41.2 Å². The second-order valence-electron chi connectivity index (χ2n) is 4.69. The van der Waals surface area contributed by atoms with Crippen LogP contribution in [0.25, 0.3) is 0 Å². The molecule has 2 aromatic heterocycles. The Morgan fingerprint density at radius 3 is 2.68 bits per heavy atom. The molecule has 0 saturated carbocycles. The highest BCUT2D eigenvalue weighted by Gasteiger charge is 2.28. The van der Waals surface area contributed by atoms with Crippen LogP contribution in [-0.2, 0) is 5.60 Å². The molecule has 0 bridgehead atoms. The van der Waals surface area contributed by atoms with Crippen molar-refractivity contribution in [1.82, 2.24) is 10.5 Å².